The Kier molecular flexibility index (Phi) is 4.56. The molecule has 3 N–H and O–H groups in total. The predicted octanol–water partition coefficient (Wildman–Crippen LogP) is 2.43. The predicted molar refractivity (Wildman–Crippen MR) is 77.7 cm³/mol. The number of rotatable bonds is 5. The van der Waals surface area contributed by atoms with E-state index in [4.69, 9.17) is 5.73 Å². The lowest BCUT2D eigenvalue weighted by Gasteiger charge is -2.38. The largest absolute Gasteiger partial charge is 0.329 e. The third kappa shape index (κ3) is 3.01. The molecule has 18 heavy (non-hydrogen) atoms. The van der Waals surface area contributed by atoms with Crippen LogP contribution in [0.5, 0.6) is 0 Å². The second kappa shape index (κ2) is 6.17. The molecule has 2 heteroatoms. The van der Waals surface area contributed by atoms with Crippen LogP contribution in [0.25, 0.3) is 0 Å². The molecule has 0 saturated heterocycles. The molecule has 1 unspecified atom stereocenters. The van der Waals surface area contributed by atoms with Crippen LogP contribution in [0.15, 0.2) is 36.4 Å². The molecule has 1 atom stereocenters. The Bertz CT molecular complexity index is 411. The third-order valence-corrected chi connectivity index (χ3v) is 3.96. The van der Waals surface area contributed by atoms with Gasteiger partial charge in [0.25, 0.3) is 0 Å². The summed E-state index contributed by atoms with van der Waals surface area (Å²) in [5, 5.41) is 3.68. The first kappa shape index (κ1) is 13.3. The number of aryl methyl sites for hydroxylation is 1. The first-order chi connectivity index (χ1) is 8.79. The zero-order chi connectivity index (χ0) is 12.8. The fraction of sp³-hybridized carbons (Fsp3) is 0.500. The zero-order valence-electron chi connectivity index (χ0n) is 11.3. The highest BCUT2D eigenvalue weighted by Crippen LogP contribution is 2.28. The van der Waals surface area contributed by atoms with Gasteiger partial charge in [-0.25, -0.2) is 0 Å². The van der Waals surface area contributed by atoms with E-state index in [1.54, 1.807) is 0 Å². The molecule has 1 aliphatic carbocycles. The Hall–Kier alpha value is -1.12. The molecule has 0 radical (unpaired) electrons. The van der Waals surface area contributed by atoms with Crippen LogP contribution in [-0.2, 0) is 12.8 Å². The van der Waals surface area contributed by atoms with Gasteiger partial charge in [0.15, 0.2) is 0 Å². The molecule has 0 bridgehead atoms. The van der Waals surface area contributed by atoms with E-state index in [0.717, 1.165) is 38.8 Å². The van der Waals surface area contributed by atoms with E-state index in [9.17, 15) is 0 Å². The molecule has 0 aromatic heterocycles. The van der Waals surface area contributed by atoms with Gasteiger partial charge < -0.3 is 11.1 Å². The van der Waals surface area contributed by atoms with Crippen molar-refractivity contribution in [3.05, 3.63) is 47.5 Å². The molecule has 1 aromatic carbocycles. The molecule has 98 valence electrons. The lowest BCUT2D eigenvalue weighted by molar-refractivity contribution is 0.296. The van der Waals surface area contributed by atoms with Crippen molar-refractivity contribution in [2.45, 2.75) is 38.1 Å². The quantitative estimate of drug-likeness (QED) is 0.616. The molecule has 2 nitrogen and oxygen atoms in total. The summed E-state index contributed by atoms with van der Waals surface area (Å²) < 4.78 is 0. The molecule has 0 fully saturated rings. The van der Waals surface area contributed by atoms with Crippen LogP contribution in [0, 0.1) is 0 Å². The second-order valence-corrected chi connectivity index (χ2v) is 5.21. The minimum atomic E-state index is 0.107. The number of allylic oxidation sites excluding steroid dienone is 1. The van der Waals surface area contributed by atoms with Crippen LogP contribution in [0.4, 0.5) is 0 Å². The number of hydrogen-bond donors (Lipinski definition) is 2. The van der Waals surface area contributed by atoms with E-state index in [2.05, 4.69) is 48.7 Å². The van der Waals surface area contributed by atoms with Crippen LogP contribution in [0.3, 0.4) is 0 Å². The van der Waals surface area contributed by atoms with Gasteiger partial charge in [0.1, 0.15) is 0 Å². The topological polar surface area (TPSA) is 38.0 Å². The number of hydrogen-bond acceptors (Lipinski definition) is 2. The van der Waals surface area contributed by atoms with E-state index in [0.29, 0.717) is 0 Å². The standard InChI is InChI=1S/C16H24N2/c1-2-3-6-11-18-16(13-17)10-9-14-7-4-5-8-15(14)12-16/h2-5,7-8,18H,6,9-13,17H2,1H3/b3-2+. The summed E-state index contributed by atoms with van der Waals surface area (Å²) in [6.07, 6.45) is 8.75. The van der Waals surface area contributed by atoms with Crippen molar-refractivity contribution in [2.75, 3.05) is 13.1 Å². The number of benzene rings is 1. The van der Waals surface area contributed by atoms with Gasteiger partial charge in [-0.05, 0) is 50.3 Å². The molecular formula is C16H24N2. The van der Waals surface area contributed by atoms with Crippen molar-refractivity contribution in [2.24, 2.45) is 5.73 Å². The first-order valence-corrected chi connectivity index (χ1v) is 6.93. The van der Waals surface area contributed by atoms with Crippen LogP contribution >= 0.6 is 0 Å². The highest BCUT2D eigenvalue weighted by atomic mass is 15.0. The summed E-state index contributed by atoms with van der Waals surface area (Å²) in [5.74, 6) is 0. The highest BCUT2D eigenvalue weighted by Gasteiger charge is 2.32. The Morgan fingerprint density at radius 3 is 2.83 bits per heavy atom. The van der Waals surface area contributed by atoms with Crippen molar-refractivity contribution >= 4 is 0 Å². The van der Waals surface area contributed by atoms with Crippen LogP contribution in [-0.4, -0.2) is 18.6 Å². The van der Waals surface area contributed by atoms with Gasteiger partial charge in [0, 0.05) is 12.1 Å². The van der Waals surface area contributed by atoms with E-state index in [1.807, 2.05) is 0 Å². The second-order valence-electron chi connectivity index (χ2n) is 5.21. The van der Waals surface area contributed by atoms with Gasteiger partial charge in [-0.15, -0.1) is 0 Å². The average Bonchev–Trinajstić information content (AvgIpc) is 2.43. The molecule has 0 aliphatic heterocycles. The van der Waals surface area contributed by atoms with Gasteiger partial charge in [-0.2, -0.15) is 0 Å². The van der Waals surface area contributed by atoms with Crippen molar-refractivity contribution < 1.29 is 0 Å². The fourth-order valence-corrected chi connectivity index (χ4v) is 2.79. The highest BCUT2D eigenvalue weighted by molar-refractivity contribution is 5.32. The molecular weight excluding hydrogens is 220 g/mol. The molecule has 1 aromatic rings. The zero-order valence-corrected chi connectivity index (χ0v) is 11.3. The minimum Gasteiger partial charge on any atom is -0.329 e. The Morgan fingerprint density at radius 1 is 1.33 bits per heavy atom. The van der Waals surface area contributed by atoms with E-state index < -0.39 is 0 Å². The molecule has 1 aliphatic rings. The summed E-state index contributed by atoms with van der Waals surface area (Å²) in [6, 6.07) is 8.75. The van der Waals surface area contributed by atoms with Gasteiger partial charge in [-0.1, -0.05) is 36.4 Å². The number of nitrogens with two attached hydrogens (primary N) is 1. The molecule has 2 rings (SSSR count). The van der Waals surface area contributed by atoms with Crippen molar-refractivity contribution in [1.29, 1.82) is 0 Å². The molecule has 0 spiro atoms. The smallest absolute Gasteiger partial charge is 0.0347 e. The first-order valence-electron chi connectivity index (χ1n) is 6.93. The van der Waals surface area contributed by atoms with Crippen LogP contribution < -0.4 is 11.1 Å². The molecule has 0 saturated carbocycles. The van der Waals surface area contributed by atoms with Crippen molar-refractivity contribution in [3.63, 3.8) is 0 Å². The van der Waals surface area contributed by atoms with Crippen molar-refractivity contribution in [3.8, 4) is 0 Å². The van der Waals surface area contributed by atoms with Gasteiger partial charge in [-0.3, -0.25) is 0 Å². The average molecular weight is 244 g/mol. The summed E-state index contributed by atoms with van der Waals surface area (Å²) in [4.78, 5) is 0. The lowest BCUT2D eigenvalue weighted by Crippen LogP contribution is -2.55. The minimum absolute atomic E-state index is 0.107. The fourth-order valence-electron chi connectivity index (χ4n) is 2.79. The SMILES string of the molecule is C/C=C/CCNC1(CN)CCc2ccccc2C1. The summed E-state index contributed by atoms with van der Waals surface area (Å²) in [5.41, 5.74) is 9.10. The maximum absolute atomic E-state index is 6.03. The normalized spacial score (nSPS) is 23.2. The molecule has 0 heterocycles. The van der Waals surface area contributed by atoms with Crippen molar-refractivity contribution in [1.82, 2.24) is 5.32 Å². The third-order valence-electron chi connectivity index (χ3n) is 3.96. The van der Waals surface area contributed by atoms with Gasteiger partial charge in [0.2, 0.25) is 0 Å². The number of nitrogens with one attached hydrogen (secondary N) is 1. The van der Waals surface area contributed by atoms with Gasteiger partial charge in [0.05, 0.1) is 0 Å². The summed E-state index contributed by atoms with van der Waals surface area (Å²) in [7, 11) is 0. The maximum Gasteiger partial charge on any atom is 0.0347 e. The Labute approximate surface area is 110 Å². The molecule has 0 amide bonds. The van der Waals surface area contributed by atoms with Gasteiger partial charge >= 0.3 is 0 Å². The number of fused-ring (bicyclic) bond motifs is 1. The maximum atomic E-state index is 6.03. The van der Waals surface area contributed by atoms with E-state index >= 15 is 0 Å². The monoisotopic (exact) mass is 244 g/mol. The Morgan fingerprint density at radius 2 is 2.11 bits per heavy atom. The van der Waals surface area contributed by atoms with Crippen LogP contribution in [0.1, 0.15) is 30.9 Å². The van der Waals surface area contributed by atoms with E-state index in [1.165, 1.54) is 11.1 Å². The van der Waals surface area contributed by atoms with E-state index in [-0.39, 0.29) is 5.54 Å². The summed E-state index contributed by atoms with van der Waals surface area (Å²) >= 11 is 0. The summed E-state index contributed by atoms with van der Waals surface area (Å²) in [6.45, 7) is 3.80. The Balaban J connectivity index is 2.02. The van der Waals surface area contributed by atoms with Crippen LogP contribution in [0.2, 0.25) is 0 Å². The lowest BCUT2D eigenvalue weighted by atomic mass is 9.78.